The van der Waals surface area contributed by atoms with Crippen LogP contribution in [0.4, 0.5) is 11.8 Å². The fraction of sp³-hybridized carbons (Fsp3) is 0.353. The van der Waals surface area contributed by atoms with Crippen LogP contribution in [0.5, 0.6) is 5.88 Å². The number of hydrogen-bond donors (Lipinski definition) is 3. The van der Waals surface area contributed by atoms with Crippen LogP contribution < -0.4 is 5.32 Å². The number of nitrogens with one attached hydrogen (secondary N) is 2. The lowest BCUT2D eigenvalue weighted by Gasteiger charge is -2.07. The maximum Gasteiger partial charge on any atom is 0.238 e. The molecule has 0 fully saturated rings. The Morgan fingerprint density at radius 1 is 1.42 bits per heavy atom. The first-order valence-corrected chi connectivity index (χ1v) is 7.99. The highest BCUT2D eigenvalue weighted by Gasteiger charge is 2.14. The highest BCUT2D eigenvalue weighted by atomic mass is 16.5. The van der Waals surface area contributed by atoms with E-state index in [4.69, 9.17) is 4.74 Å². The lowest BCUT2D eigenvalue weighted by molar-refractivity contribution is 0.0787. The summed E-state index contributed by atoms with van der Waals surface area (Å²) in [5.74, 6) is 1.17. The van der Waals surface area contributed by atoms with Crippen molar-refractivity contribution in [3.63, 3.8) is 0 Å². The second kappa shape index (κ2) is 7.27. The first-order valence-electron chi connectivity index (χ1n) is 7.99. The van der Waals surface area contributed by atoms with Crippen LogP contribution in [0.2, 0.25) is 0 Å². The van der Waals surface area contributed by atoms with E-state index in [9.17, 15) is 5.11 Å². The molecule has 0 unspecified atom stereocenters. The molecule has 7 heteroatoms. The minimum atomic E-state index is -0.0471. The zero-order chi connectivity index (χ0) is 16.9. The van der Waals surface area contributed by atoms with Gasteiger partial charge in [-0.25, -0.2) is 9.98 Å². The quantitative estimate of drug-likeness (QED) is 0.680. The summed E-state index contributed by atoms with van der Waals surface area (Å²) in [6.07, 6.45) is 6.35. The normalized spacial score (nSPS) is 14.5. The minimum absolute atomic E-state index is 0.0471. The van der Waals surface area contributed by atoms with E-state index >= 15 is 0 Å². The van der Waals surface area contributed by atoms with Crippen LogP contribution in [0.15, 0.2) is 23.3 Å². The summed E-state index contributed by atoms with van der Waals surface area (Å²) in [6, 6.07) is 3.81. The third-order valence-electron chi connectivity index (χ3n) is 3.50. The van der Waals surface area contributed by atoms with Gasteiger partial charge < -0.3 is 20.1 Å². The minimum Gasteiger partial charge on any atom is -0.492 e. The SMILES string of the molecule is CC(C)OCCCNc1nc(O)c(/C=C2\C=Nc3ncccc32)[nH]1. The van der Waals surface area contributed by atoms with E-state index in [1.54, 1.807) is 12.4 Å². The van der Waals surface area contributed by atoms with Gasteiger partial charge in [0.15, 0.2) is 5.82 Å². The molecule has 2 aromatic rings. The van der Waals surface area contributed by atoms with Crippen molar-refractivity contribution in [2.24, 2.45) is 4.99 Å². The van der Waals surface area contributed by atoms with Crippen LogP contribution in [-0.4, -0.2) is 45.5 Å². The Bertz CT molecular complexity index is 764. The van der Waals surface area contributed by atoms with Crippen molar-refractivity contribution in [3.05, 3.63) is 29.6 Å². The average Bonchev–Trinajstić information content (AvgIpc) is 3.12. The van der Waals surface area contributed by atoms with Crippen LogP contribution in [0.3, 0.4) is 0 Å². The van der Waals surface area contributed by atoms with Gasteiger partial charge in [0.2, 0.25) is 11.8 Å². The van der Waals surface area contributed by atoms with Crippen molar-refractivity contribution < 1.29 is 9.84 Å². The molecule has 2 aromatic heterocycles. The fourth-order valence-corrected chi connectivity index (χ4v) is 2.36. The van der Waals surface area contributed by atoms with Gasteiger partial charge in [-0.05, 0) is 38.5 Å². The number of H-pyrrole nitrogens is 1. The standard InChI is InChI=1S/C17H21N5O2/c1-11(2)24-8-4-7-19-17-21-14(16(23)22-17)9-12-10-20-15-13(12)5-3-6-18-15/h3,5-6,9-11,23H,4,7-8H2,1-2H3,(H2,19,21,22)/b12-9+. The first-order chi connectivity index (χ1) is 11.6. The summed E-state index contributed by atoms with van der Waals surface area (Å²) in [7, 11) is 0. The van der Waals surface area contributed by atoms with Gasteiger partial charge in [0, 0.05) is 36.7 Å². The predicted molar refractivity (Wildman–Crippen MR) is 94.7 cm³/mol. The van der Waals surface area contributed by atoms with Crippen molar-refractivity contribution in [2.45, 2.75) is 26.4 Å². The number of ether oxygens (including phenoxy) is 1. The summed E-state index contributed by atoms with van der Waals surface area (Å²) in [5, 5.41) is 13.1. The number of hydrogen-bond acceptors (Lipinski definition) is 6. The Morgan fingerprint density at radius 3 is 3.12 bits per heavy atom. The van der Waals surface area contributed by atoms with E-state index in [-0.39, 0.29) is 12.0 Å². The summed E-state index contributed by atoms with van der Waals surface area (Å²) in [4.78, 5) is 15.6. The van der Waals surface area contributed by atoms with Crippen LogP contribution >= 0.6 is 0 Å². The number of imidazole rings is 1. The van der Waals surface area contributed by atoms with Crippen LogP contribution in [-0.2, 0) is 4.74 Å². The number of allylic oxidation sites excluding steroid dienone is 1. The molecule has 3 rings (SSSR count). The van der Waals surface area contributed by atoms with E-state index in [0.29, 0.717) is 30.6 Å². The molecule has 3 heterocycles. The Morgan fingerprint density at radius 2 is 2.29 bits per heavy atom. The summed E-state index contributed by atoms with van der Waals surface area (Å²) >= 11 is 0. The number of pyridine rings is 1. The Hall–Kier alpha value is -2.67. The Labute approximate surface area is 140 Å². The lowest BCUT2D eigenvalue weighted by atomic mass is 10.1. The zero-order valence-electron chi connectivity index (χ0n) is 13.8. The molecule has 0 saturated carbocycles. The predicted octanol–water partition coefficient (Wildman–Crippen LogP) is 2.99. The molecule has 1 aliphatic rings. The molecule has 7 nitrogen and oxygen atoms in total. The molecule has 24 heavy (non-hydrogen) atoms. The molecule has 1 aliphatic heterocycles. The van der Waals surface area contributed by atoms with Gasteiger partial charge >= 0.3 is 0 Å². The number of anilines is 1. The molecule has 0 bridgehead atoms. The average molecular weight is 327 g/mol. The van der Waals surface area contributed by atoms with Gasteiger partial charge in [-0.3, -0.25) is 0 Å². The highest BCUT2D eigenvalue weighted by Crippen LogP contribution is 2.31. The number of aromatic nitrogens is 3. The van der Waals surface area contributed by atoms with E-state index in [1.165, 1.54) is 0 Å². The number of rotatable bonds is 7. The third kappa shape index (κ3) is 3.80. The van der Waals surface area contributed by atoms with Crippen molar-refractivity contribution in [1.82, 2.24) is 15.0 Å². The molecule has 0 aromatic carbocycles. The van der Waals surface area contributed by atoms with Crippen LogP contribution in [0.1, 0.15) is 31.5 Å². The summed E-state index contributed by atoms with van der Waals surface area (Å²) < 4.78 is 5.48. The first kappa shape index (κ1) is 16.2. The van der Waals surface area contributed by atoms with Crippen molar-refractivity contribution in [3.8, 4) is 5.88 Å². The topological polar surface area (TPSA) is 95.4 Å². The van der Waals surface area contributed by atoms with Gasteiger partial charge in [0.1, 0.15) is 5.69 Å². The van der Waals surface area contributed by atoms with Crippen molar-refractivity contribution in [2.75, 3.05) is 18.5 Å². The molecule has 0 saturated heterocycles. The maximum atomic E-state index is 10.0. The molecular weight excluding hydrogens is 306 g/mol. The molecule has 0 spiro atoms. The monoisotopic (exact) mass is 327 g/mol. The lowest BCUT2D eigenvalue weighted by Crippen LogP contribution is -2.09. The number of fused-ring (bicyclic) bond motifs is 1. The van der Waals surface area contributed by atoms with Gasteiger partial charge in [-0.2, -0.15) is 4.98 Å². The Balaban J connectivity index is 1.63. The van der Waals surface area contributed by atoms with Gasteiger partial charge in [-0.15, -0.1) is 0 Å². The second-order valence-electron chi connectivity index (χ2n) is 5.76. The number of aromatic hydroxyl groups is 1. The highest BCUT2D eigenvalue weighted by molar-refractivity contribution is 6.20. The molecule has 126 valence electrons. The zero-order valence-corrected chi connectivity index (χ0v) is 13.8. The third-order valence-corrected chi connectivity index (χ3v) is 3.50. The van der Waals surface area contributed by atoms with Crippen molar-refractivity contribution >= 4 is 29.6 Å². The number of nitrogens with zero attached hydrogens (tertiary/aromatic N) is 3. The van der Waals surface area contributed by atoms with Crippen LogP contribution in [0.25, 0.3) is 11.6 Å². The number of aliphatic imine (C=N–C) groups is 1. The molecular formula is C17H21N5O2. The largest absolute Gasteiger partial charge is 0.492 e. The molecule has 0 amide bonds. The van der Waals surface area contributed by atoms with Crippen molar-refractivity contribution in [1.29, 1.82) is 0 Å². The maximum absolute atomic E-state index is 10.0. The van der Waals surface area contributed by atoms with E-state index in [0.717, 1.165) is 17.6 Å². The number of aromatic amines is 1. The smallest absolute Gasteiger partial charge is 0.238 e. The summed E-state index contributed by atoms with van der Waals surface area (Å²) in [6.45, 7) is 5.42. The van der Waals surface area contributed by atoms with Crippen LogP contribution in [0, 0.1) is 0 Å². The molecule has 0 aliphatic carbocycles. The van der Waals surface area contributed by atoms with E-state index in [2.05, 4.69) is 25.3 Å². The Kier molecular flexibility index (Phi) is 4.90. The second-order valence-corrected chi connectivity index (χ2v) is 5.76. The van der Waals surface area contributed by atoms with E-state index < -0.39 is 0 Å². The van der Waals surface area contributed by atoms with Gasteiger partial charge in [-0.1, -0.05) is 0 Å². The van der Waals surface area contributed by atoms with Gasteiger partial charge in [0.25, 0.3) is 0 Å². The summed E-state index contributed by atoms with van der Waals surface area (Å²) in [5.41, 5.74) is 2.36. The molecule has 0 radical (unpaired) electrons. The molecule has 3 N–H and O–H groups in total. The molecule has 0 atom stereocenters. The van der Waals surface area contributed by atoms with E-state index in [1.807, 2.05) is 32.1 Å². The fourth-order valence-electron chi connectivity index (χ4n) is 2.36. The van der Waals surface area contributed by atoms with Gasteiger partial charge in [0.05, 0.1) is 6.10 Å².